The lowest BCUT2D eigenvalue weighted by atomic mass is 9.85. The van der Waals surface area contributed by atoms with Gasteiger partial charge in [0.15, 0.2) is 0 Å². The predicted octanol–water partition coefficient (Wildman–Crippen LogP) is 2.32. The standard InChI is InChI=1S/C19H17N3O2/c1-21-10-13(14-4-2-3-5-15(14)21)9-20-22-18(23)16-11-6-7-12(8-11)17(16)19(22)24/h2-7,9-12,16-17H,8H2,1H3. The average Bonchev–Trinajstić information content (AvgIpc) is 3.32. The van der Waals surface area contributed by atoms with E-state index in [0.29, 0.717) is 0 Å². The van der Waals surface area contributed by atoms with E-state index in [2.05, 4.69) is 17.3 Å². The van der Waals surface area contributed by atoms with Crippen LogP contribution < -0.4 is 0 Å². The smallest absolute Gasteiger partial charge is 0.254 e. The van der Waals surface area contributed by atoms with Gasteiger partial charge in [0.1, 0.15) is 0 Å². The highest BCUT2D eigenvalue weighted by molar-refractivity contribution is 6.07. The normalized spacial score (nSPS) is 31.1. The van der Waals surface area contributed by atoms with Crippen LogP contribution in [-0.4, -0.2) is 27.6 Å². The summed E-state index contributed by atoms with van der Waals surface area (Å²) in [6.07, 6.45) is 8.72. The van der Waals surface area contributed by atoms with Crippen LogP contribution in [0.4, 0.5) is 0 Å². The van der Waals surface area contributed by atoms with Crippen LogP contribution >= 0.6 is 0 Å². The van der Waals surface area contributed by atoms with Gasteiger partial charge in [0.25, 0.3) is 11.8 Å². The fourth-order valence-electron chi connectivity index (χ4n) is 4.60. The number of aromatic nitrogens is 1. The molecule has 120 valence electrons. The van der Waals surface area contributed by atoms with Crippen LogP contribution in [-0.2, 0) is 16.6 Å². The number of carbonyl (C=O) groups is 2. The van der Waals surface area contributed by atoms with Gasteiger partial charge < -0.3 is 4.57 Å². The van der Waals surface area contributed by atoms with Gasteiger partial charge in [-0.05, 0) is 24.3 Å². The lowest BCUT2D eigenvalue weighted by Gasteiger charge is -2.13. The summed E-state index contributed by atoms with van der Waals surface area (Å²) in [5.74, 6) is -0.241. The van der Waals surface area contributed by atoms with Crippen molar-refractivity contribution in [2.45, 2.75) is 6.42 Å². The second-order valence-corrected chi connectivity index (χ2v) is 6.95. The Hall–Kier alpha value is -2.69. The second kappa shape index (κ2) is 4.66. The van der Waals surface area contributed by atoms with Gasteiger partial charge in [-0.15, -0.1) is 0 Å². The van der Waals surface area contributed by atoms with E-state index in [0.717, 1.165) is 27.9 Å². The topological polar surface area (TPSA) is 54.7 Å². The van der Waals surface area contributed by atoms with Crippen molar-refractivity contribution in [3.8, 4) is 0 Å². The number of imide groups is 1. The minimum Gasteiger partial charge on any atom is -0.350 e. The van der Waals surface area contributed by atoms with Crippen LogP contribution in [0.2, 0.25) is 0 Å². The van der Waals surface area contributed by atoms with Crippen LogP contribution in [0.3, 0.4) is 0 Å². The molecular formula is C19H17N3O2. The first-order chi connectivity index (χ1) is 11.6. The molecule has 5 rings (SSSR count). The van der Waals surface area contributed by atoms with Crippen molar-refractivity contribution in [2.75, 3.05) is 0 Å². The lowest BCUT2D eigenvalue weighted by Crippen LogP contribution is -2.28. The van der Waals surface area contributed by atoms with E-state index in [1.807, 2.05) is 42.1 Å². The molecular weight excluding hydrogens is 302 g/mol. The largest absolute Gasteiger partial charge is 0.350 e. The molecule has 24 heavy (non-hydrogen) atoms. The zero-order valence-corrected chi connectivity index (χ0v) is 13.3. The van der Waals surface area contributed by atoms with E-state index >= 15 is 0 Å². The monoisotopic (exact) mass is 319 g/mol. The Morgan fingerprint density at radius 2 is 1.75 bits per heavy atom. The third-order valence-electron chi connectivity index (χ3n) is 5.69. The second-order valence-electron chi connectivity index (χ2n) is 6.95. The number of amides is 2. The fourth-order valence-corrected chi connectivity index (χ4v) is 4.60. The van der Waals surface area contributed by atoms with Gasteiger partial charge in [0, 0.05) is 29.7 Å². The molecule has 2 aliphatic carbocycles. The van der Waals surface area contributed by atoms with Crippen molar-refractivity contribution in [2.24, 2.45) is 35.8 Å². The number of rotatable bonds is 2. The molecule has 2 fully saturated rings. The molecule has 2 amide bonds. The van der Waals surface area contributed by atoms with E-state index in [1.54, 1.807) is 6.21 Å². The summed E-state index contributed by atoms with van der Waals surface area (Å²) in [4.78, 5) is 25.3. The molecule has 3 aliphatic rings. The first-order valence-corrected chi connectivity index (χ1v) is 8.29. The fraction of sp³-hybridized carbons (Fsp3) is 0.316. The van der Waals surface area contributed by atoms with Crippen molar-refractivity contribution < 1.29 is 9.59 Å². The Bertz CT molecular complexity index is 909. The van der Waals surface area contributed by atoms with Gasteiger partial charge in [-0.1, -0.05) is 30.4 Å². The van der Waals surface area contributed by atoms with Gasteiger partial charge in [-0.3, -0.25) is 9.59 Å². The Morgan fingerprint density at radius 3 is 2.46 bits per heavy atom. The quantitative estimate of drug-likeness (QED) is 0.484. The zero-order valence-electron chi connectivity index (χ0n) is 13.3. The highest BCUT2D eigenvalue weighted by Gasteiger charge is 2.59. The van der Waals surface area contributed by atoms with Crippen molar-refractivity contribution in [3.63, 3.8) is 0 Å². The van der Waals surface area contributed by atoms with Crippen molar-refractivity contribution >= 4 is 28.9 Å². The van der Waals surface area contributed by atoms with Crippen LogP contribution in [0, 0.1) is 23.7 Å². The average molecular weight is 319 g/mol. The summed E-state index contributed by atoms with van der Waals surface area (Å²) in [5.41, 5.74) is 2.00. The van der Waals surface area contributed by atoms with Gasteiger partial charge in [-0.2, -0.15) is 10.1 Å². The number of para-hydroxylation sites is 1. The molecule has 0 N–H and O–H groups in total. The van der Waals surface area contributed by atoms with Crippen molar-refractivity contribution in [1.29, 1.82) is 0 Å². The van der Waals surface area contributed by atoms with Crippen LogP contribution in [0.1, 0.15) is 12.0 Å². The third kappa shape index (κ3) is 1.67. The SMILES string of the molecule is Cn1cc(C=NN2C(=O)C3C4C=CC(C4)C3C2=O)c2ccccc21. The summed E-state index contributed by atoms with van der Waals surface area (Å²) in [5, 5.41) is 6.43. The zero-order chi connectivity index (χ0) is 16.4. The minimum absolute atomic E-state index is 0.140. The third-order valence-corrected chi connectivity index (χ3v) is 5.69. The van der Waals surface area contributed by atoms with Crippen molar-refractivity contribution in [1.82, 2.24) is 9.58 Å². The molecule has 4 atom stereocenters. The molecule has 2 aromatic rings. The first-order valence-electron chi connectivity index (χ1n) is 8.29. The summed E-state index contributed by atoms with van der Waals surface area (Å²) in [7, 11) is 1.97. The molecule has 1 aliphatic heterocycles. The Balaban J connectivity index is 1.49. The molecule has 5 heteroatoms. The Morgan fingerprint density at radius 1 is 1.08 bits per heavy atom. The van der Waals surface area contributed by atoms with Crippen LogP contribution in [0.5, 0.6) is 0 Å². The van der Waals surface area contributed by atoms with Gasteiger partial charge in [0.05, 0.1) is 18.1 Å². The molecule has 2 heterocycles. The molecule has 2 bridgehead atoms. The highest BCUT2D eigenvalue weighted by Crippen LogP contribution is 2.52. The number of aryl methyl sites for hydroxylation is 1. The first kappa shape index (κ1) is 13.7. The van der Waals surface area contributed by atoms with Crippen LogP contribution in [0.15, 0.2) is 47.7 Å². The molecule has 1 aromatic carbocycles. The maximum atomic E-state index is 12.6. The van der Waals surface area contributed by atoms with Crippen molar-refractivity contribution in [3.05, 3.63) is 48.2 Å². The van der Waals surface area contributed by atoms with E-state index in [4.69, 9.17) is 0 Å². The Kier molecular flexibility index (Phi) is 2.66. The molecule has 4 unspecified atom stereocenters. The Labute approximate surface area is 139 Å². The summed E-state index contributed by atoms with van der Waals surface area (Å²) >= 11 is 0. The van der Waals surface area contributed by atoms with E-state index in [9.17, 15) is 9.59 Å². The van der Waals surface area contributed by atoms with E-state index in [1.165, 1.54) is 0 Å². The number of hydrazone groups is 1. The summed E-state index contributed by atoms with van der Waals surface area (Å²) in [6, 6.07) is 8.01. The maximum Gasteiger partial charge on any atom is 0.254 e. The molecule has 1 saturated carbocycles. The van der Waals surface area contributed by atoms with Crippen LogP contribution in [0.25, 0.3) is 10.9 Å². The van der Waals surface area contributed by atoms with E-state index in [-0.39, 0.29) is 35.5 Å². The number of allylic oxidation sites excluding steroid dienone is 2. The van der Waals surface area contributed by atoms with E-state index < -0.39 is 0 Å². The maximum absolute atomic E-state index is 12.6. The molecule has 0 radical (unpaired) electrons. The molecule has 0 spiro atoms. The van der Waals surface area contributed by atoms with Gasteiger partial charge in [0.2, 0.25) is 0 Å². The van der Waals surface area contributed by atoms with Gasteiger partial charge >= 0.3 is 0 Å². The van der Waals surface area contributed by atoms with Gasteiger partial charge in [-0.25, -0.2) is 0 Å². The number of fused-ring (bicyclic) bond motifs is 6. The minimum atomic E-state index is -0.197. The molecule has 1 aromatic heterocycles. The lowest BCUT2D eigenvalue weighted by molar-refractivity contribution is -0.140. The summed E-state index contributed by atoms with van der Waals surface area (Å²) in [6.45, 7) is 0. The highest BCUT2D eigenvalue weighted by atomic mass is 16.2. The number of nitrogens with zero attached hydrogens (tertiary/aromatic N) is 3. The number of hydrogen-bond donors (Lipinski definition) is 0. The summed E-state index contributed by atoms with van der Waals surface area (Å²) < 4.78 is 2.02. The molecule has 5 nitrogen and oxygen atoms in total. The predicted molar refractivity (Wildman–Crippen MR) is 90.1 cm³/mol. The number of benzene rings is 1. The molecule has 1 saturated heterocycles. The number of carbonyl (C=O) groups excluding carboxylic acids is 2. The number of hydrogen-bond acceptors (Lipinski definition) is 3.